The van der Waals surface area contributed by atoms with Crippen LogP contribution in [0.1, 0.15) is 39.5 Å². The molecule has 2 atom stereocenters. The lowest BCUT2D eigenvalue weighted by Gasteiger charge is -2.32. The Morgan fingerprint density at radius 3 is 1.07 bits per heavy atom. The maximum absolute atomic E-state index is 5.66. The first kappa shape index (κ1) is 28.9. The Bertz CT molecular complexity index is 318. The van der Waals surface area contributed by atoms with Crippen LogP contribution >= 0.6 is 51.1 Å². The van der Waals surface area contributed by atoms with Gasteiger partial charge in [-0.1, -0.05) is 48.3 Å². The molecule has 0 spiro atoms. The molecule has 0 heterocycles. The van der Waals surface area contributed by atoms with Crippen molar-refractivity contribution in [2.24, 2.45) is 0 Å². The first-order valence-electron chi connectivity index (χ1n) is 8.62. The summed E-state index contributed by atoms with van der Waals surface area (Å²) < 4.78 is 34.0. The smallest absolute Gasteiger partial charge is 0.376 e. The molecule has 0 aliphatic rings. The Balaban J connectivity index is 4.66. The summed E-state index contributed by atoms with van der Waals surface area (Å²) in [5.41, 5.74) is 0. The van der Waals surface area contributed by atoms with E-state index in [4.69, 9.17) is 26.6 Å². The first-order valence-corrected chi connectivity index (χ1v) is 18.5. The molecule has 0 saturated heterocycles. The molecular formula is C14H34O6S5Si2. The lowest BCUT2D eigenvalue weighted by molar-refractivity contribution is 0.120. The van der Waals surface area contributed by atoms with Gasteiger partial charge in [-0.25, -0.2) is 0 Å². The molecule has 27 heavy (non-hydrogen) atoms. The molecule has 2 unspecified atom stereocenters. The summed E-state index contributed by atoms with van der Waals surface area (Å²) in [6.07, 6.45) is 4.09. The van der Waals surface area contributed by atoms with Crippen molar-refractivity contribution in [2.45, 2.75) is 49.3 Å². The number of hydrogen-bond donors (Lipinski definition) is 0. The molecule has 0 N–H and O–H groups in total. The minimum absolute atomic E-state index is 0.197. The second-order valence-electron chi connectivity index (χ2n) is 5.38. The van der Waals surface area contributed by atoms with E-state index < -0.39 is 17.6 Å². The Hall–Kier alpha value is 1.94. The summed E-state index contributed by atoms with van der Waals surface area (Å²) in [7, 11) is 13.4. The minimum Gasteiger partial charge on any atom is -0.376 e. The quantitative estimate of drug-likeness (QED) is 0.133. The lowest BCUT2D eigenvalue weighted by atomic mass is 10.4. The standard InChI is InChI=1S/C14H34O6S5Si2/c1-9-11-13(26(15-3,16-4)17-5)21-23-25-24-22-14(12-10-2)27(18-6,19-7)20-8/h13-14H,9-12H2,1-8H3. The fraction of sp³-hybridized carbons (Fsp3) is 1.00. The third kappa shape index (κ3) is 8.91. The molecule has 0 amide bonds. The van der Waals surface area contributed by atoms with Crippen LogP contribution in [0.15, 0.2) is 0 Å². The van der Waals surface area contributed by atoms with E-state index in [2.05, 4.69) is 13.8 Å². The molecule has 0 aromatic carbocycles. The van der Waals surface area contributed by atoms with Crippen LogP contribution in [0, 0.1) is 0 Å². The van der Waals surface area contributed by atoms with Crippen LogP contribution in [0.25, 0.3) is 0 Å². The van der Waals surface area contributed by atoms with Crippen LogP contribution in [0.2, 0.25) is 0 Å². The van der Waals surface area contributed by atoms with Crippen LogP contribution in [0.5, 0.6) is 0 Å². The summed E-state index contributed by atoms with van der Waals surface area (Å²) in [4.78, 5) is 0.393. The van der Waals surface area contributed by atoms with Crippen molar-refractivity contribution in [3.8, 4) is 0 Å². The maximum atomic E-state index is 5.66. The zero-order valence-electron chi connectivity index (χ0n) is 17.5. The van der Waals surface area contributed by atoms with Crippen LogP contribution in [0.4, 0.5) is 0 Å². The minimum atomic E-state index is -2.65. The Labute approximate surface area is 186 Å². The van der Waals surface area contributed by atoms with Crippen LogP contribution in [-0.4, -0.2) is 70.0 Å². The molecule has 0 fully saturated rings. The van der Waals surface area contributed by atoms with Crippen LogP contribution in [-0.2, 0) is 26.6 Å². The molecule has 0 rings (SSSR count). The van der Waals surface area contributed by atoms with E-state index in [1.165, 1.54) is 0 Å². The third-order valence-electron chi connectivity index (χ3n) is 3.96. The predicted molar refractivity (Wildman–Crippen MR) is 129 cm³/mol. The highest BCUT2D eigenvalue weighted by atomic mass is 33.8. The molecule has 0 radical (unpaired) electrons. The van der Waals surface area contributed by atoms with Crippen molar-refractivity contribution in [1.82, 2.24) is 0 Å². The molecule has 0 saturated carbocycles. The number of rotatable bonds is 18. The summed E-state index contributed by atoms with van der Waals surface area (Å²) in [5, 5.41) is 0. The molecule has 0 aliphatic carbocycles. The Morgan fingerprint density at radius 1 is 0.556 bits per heavy atom. The van der Waals surface area contributed by atoms with E-state index in [0.717, 1.165) is 25.7 Å². The van der Waals surface area contributed by atoms with Gasteiger partial charge in [-0.3, -0.25) is 0 Å². The fourth-order valence-corrected chi connectivity index (χ4v) is 22.3. The predicted octanol–water partition coefficient (Wildman–Crippen LogP) is 5.48. The van der Waals surface area contributed by atoms with E-state index in [9.17, 15) is 0 Å². The summed E-state index contributed by atoms with van der Waals surface area (Å²) in [6, 6.07) is 0. The second kappa shape index (κ2) is 16.6. The van der Waals surface area contributed by atoms with E-state index in [1.54, 1.807) is 93.7 Å². The third-order valence-corrected chi connectivity index (χ3v) is 21.8. The SMILES string of the molecule is CCCC(SSSSSC(CCC)[Si](OC)(OC)OC)[Si](OC)(OC)OC. The van der Waals surface area contributed by atoms with Gasteiger partial charge in [0.1, 0.15) is 0 Å². The summed E-state index contributed by atoms with van der Waals surface area (Å²) >= 11 is 0. The van der Waals surface area contributed by atoms with Gasteiger partial charge in [0.15, 0.2) is 0 Å². The van der Waals surface area contributed by atoms with Crippen LogP contribution in [0.3, 0.4) is 0 Å². The average molecular weight is 515 g/mol. The van der Waals surface area contributed by atoms with E-state index in [1.807, 2.05) is 0 Å². The maximum Gasteiger partial charge on any atom is 0.514 e. The van der Waals surface area contributed by atoms with Gasteiger partial charge in [0.25, 0.3) is 0 Å². The highest BCUT2D eigenvalue weighted by Crippen LogP contribution is 2.54. The summed E-state index contributed by atoms with van der Waals surface area (Å²) in [6.45, 7) is 4.33. The van der Waals surface area contributed by atoms with Crippen molar-refractivity contribution in [2.75, 3.05) is 42.7 Å². The van der Waals surface area contributed by atoms with E-state index >= 15 is 0 Å². The Morgan fingerprint density at radius 2 is 0.852 bits per heavy atom. The van der Waals surface area contributed by atoms with E-state index in [0.29, 0.717) is 0 Å². The van der Waals surface area contributed by atoms with Crippen molar-refractivity contribution >= 4 is 68.7 Å². The van der Waals surface area contributed by atoms with Gasteiger partial charge >= 0.3 is 17.6 Å². The van der Waals surface area contributed by atoms with E-state index in [-0.39, 0.29) is 9.75 Å². The first-order chi connectivity index (χ1) is 13.0. The zero-order chi connectivity index (χ0) is 20.8. The molecule has 6 nitrogen and oxygen atoms in total. The van der Waals surface area contributed by atoms with Gasteiger partial charge < -0.3 is 26.6 Å². The molecular weight excluding hydrogens is 481 g/mol. The van der Waals surface area contributed by atoms with Gasteiger partial charge in [-0.05, 0) is 42.3 Å². The molecule has 0 aromatic rings. The lowest BCUT2D eigenvalue weighted by Crippen LogP contribution is -2.52. The number of hydrogen-bond acceptors (Lipinski definition) is 11. The molecule has 0 aromatic heterocycles. The highest BCUT2D eigenvalue weighted by Gasteiger charge is 2.49. The van der Waals surface area contributed by atoms with Crippen molar-refractivity contribution in [3.63, 3.8) is 0 Å². The normalized spacial score (nSPS) is 15.1. The molecule has 164 valence electrons. The fourth-order valence-electron chi connectivity index (χ4n) is 2.52. The zero-order valence-corrected chi connectivity index (χ0v) is 23.6. The van der Waals surface area contributed by atoms with Gasteiger partial charge in [0.2, 0.25) is 0 Å². The summed E-state index contributed by atoms with van der Waals surface area (Å²) in [5.74, 6) is 0. The second-order valence-corrected chi connectivity index (χ2v) is 20.5. The molecule has 0 aliphatic heterocycles. The Kier molecular flexibility index (Phi) is 17.8. The monoisotopic (exact) mass is 514 g/mol. The van der Waals surface area contributed by atoms with Gasteiger partial charge in [0.05, 0.1) is 9.75 Å². The largest absolute Gasteiger partial charge is 0.514 e. The molecule has 13 heteroatoms. The van der Waals surface area contributed by atoms with Gasteiger partial charge in [0, 0.05) is 42.7 Å². The topological polar surface area (TPSA) is 55.4 Å². The highest BCUT2D eigenvalue weighted by molar-refractivity contribution is 9.35. The molecule has 0 bridgehead atoms. The van der Waals surface area contributed by atoms with Gasteiger partial charge in [-0.15, -0.1) is 0 Å². The van der Waals surface area contributed by atoms with Crippen LogP contribution < -0.4 is 0 Å². The van der Waals surface area contributed by atoms with Gasteiger partial charge in [-0.2, -0.15) is 0 Å². The van der Waals surface area contributed by atoms with Crippen molar-refractivity contribution < 1.29 is 26.6 Å². The van der Waals surface area contributed by atoms with Crippen molar-refractivity contribution in [3.05, 3.63) is 0 Å². The average Bonchev–Trinajstić information content (AvgIpc) is 2.70. The van der Waals surface area contributed by atoms with Crippen molar-refractivity contribution in [1.29, 1.82) is 0 Å².